The van der Waals surface area contributed by atoms with Crippen molar-refractivity contribution in [2.45, 2.75) is 6.92 Å². The second-order valence-corrected chi connectivity index (χ2v) is 3.45. The van der Waals surface area contributed by atoms with Gasteiger partial charge in [-0.3, -0.25) is 0 Å². The lowest BCUT2D eigenvalue weighted by molar-refractivity contribution is 0.260. The minimum Gasteiger partial charge on any atom is -0.464 e. The Kier molecular flexibility index (Phi) is 2.29. The lowest BCUT2D eigenvalue weighted by Crippen LogP contribution is -1.87. The predicted molar refractivity (Wildman–Crippen MR) is 60.7 cm³/mol. The highest BCUT2D eigenvalue weighted by molar-refractivity contribution is 5.77. The van der Waals surface area contributed by atoms with Crippen LogP contribution in [-0.2, 0) is 0 Å². The van der Waals surface area contributed by atoms with Gasteiger partial charge in [0.2, 0.25) is 5.89 Å². The summed E-state index contributed by atoms with van der Waals surface area (Å²) < 4.78 is 15.9. The minimum atomic E-state index is 0.417. The topological polar surface area (TPSA) is 61.3 Å². The van der Waals surface area contributed by atoms with Gasteiger partial charge in [0, 0.05) is 5.56 Å². The van der Waals surface area contributed by atoms with Crippen molar-refractivity contribution in [3.8, 4) is 17.4 Å². The van der Waals surface area contributed by atoms with Gasteiger partial charge >= 0.3 is 5.95 Å². The van der Waals surface area contributed by atoms with Crippen molar-refractivity contribution in [1.82, 2.24) is 9.97 Å². The second kappa shape index (κ2) is 3.93. The maximum atomic E-state index is 5.44. The lowest BCUT2D eigenvalue weighted by atomic mass is 10.2. The number of oxazole rings is 2. The van der Waals surface area contributed by atoms with Gasteiger partial charge in [-0.25, -0.2) is 9.97 Å². The summed E-state index contributed by atoms with van der Waals surface area (Å²) in [6.45, 7) is 2.44. The number of rotatable bonds is 3. The van der Waals surface area contributed by atoms with Crippen molar-refractivity contribution in [1.29, 1.82) is 0 Å². The van der Waals surface area contributed by atoms with Crippen LogP contribution in [0.25, 0.3) is 22.6 Å². The van der Waals surface area contributed by atoms with Crippen molar-refractivity contribution >= 4 is 11.1 Å². The van der Waals surface area contributed by atoms with E-state index in [2.05, 4.69) is 9.97 Å². The van der Waals surface area contributed by atoms with Gasteiger partial charge in [-0.1, -0.05) is 0 Å². The monoisotopic (exact) mass is 230 g/mol. The van der Waals surface area contributed by atoms with Crippen LogP contribution < -0.4 is 4.74 Å². The Morgan fingerprint density at radius 2 is 2.24 bits per heavy atom. The van der Waals surface area contributed by atoms with Crippen LogP contribution in [0.1, 0.15) is 6.92 Å². The number of aromatic nitrogens is 2. The molecule has 0 radical (unpaired) electrons. The van der Waals surface area contributed by atoms with Crippen molar-refractivity contribution in [3.63, 3.8) is 0 Å². The molecule has 0 bridgehead atoms. The summed E-state index contributed by atoms with van der Waals surface area (Å²) in [7, 11) is 0. The van der Waals surface area contributed by atoms with E-state index < -0.39 is 0 Å². The van der Waals surface area contributed by atoms with E-state index in [4.69, 9.17) is 13.6 Å². The van der Waals surface area contributed by atoms with E-state index >= 15 is 0 Å². The minimum absolute atomic E-state index is 0.417. The third kappa shape index (κ3) is 1.75. The van der Waals surface area contributed by atoms with Crippen LogP contribution in [0, 0.1) is 0 Å². The van der Waals surface area contributed by atoms with Crippen LogP contribution in [0.5, 0.6) is 5.95 Å². The van der Waals surface area contributed by atoms with E-state index in [-0.39, 0.29) is 0 Å². The van der Waals surface area contributed by atoms with E-state index in [9.17, 15) is 0 Å². The molecule has 0 saturated carbocycles. The fourth-order valence-corrected chi connectivity index (χ4v) is 1.59. The Morgan fingerprint density at radius 3 is 3.12 bits per heavy atom. The van der Waals surface area contributed by atoms with Gasteiger partial charge in [-0.15, -0.1) is 0 Å². The first-order valence-electron chi connectivity index (χ1n) is 5.29. The summed E-state index contributed by atoms with van der Waals surface area (Å²) in [5.74, 6) is 0.923. The first-order chi connectivity index (χ1) is 8.36. The smallest absolute Gasteiger partial charge is 0.305 e. The van der Waals surface area contributed by atoms with Gasteiger partial charge in [-0.05, 0) is 25.1 Å². The molecule has 17 heavy (non-hydrogen) atoms. The number of nitrogens with zero attached hydrogens (tertiary/aromatic N) is 2. The quantitative estimate of drug-likeness (QED) is 0.692. The average Bonchev–Trinajstić information content (AvgIpc) is 2.96. The lowest BCUT2D eigenvalue weighted by Gasteiger charge is -1.96. The Balaban J connectivity index is 2.00. The van der Waals surface area contributed by atoms with Crippen LogP contribution in [0.15, 0.2) is 39.6 Å². The standard InChI is InChI=1S/C12H10N2O3/c1-2-15-11-6-13-12(17-11)8-3-4-9-10(5-8)16-7-14-9/h3-7H,2H2,1H3. The molecule has 0 aliphatic heterocycles. The first-order valence-corrected chi connectivity index (χ1v) is 5.29. The summed E-state index contributed by atoms with van der Waals surface area (Å²) >= 11 is 0. The summed E-state index contributed by atoms with van der Waals surface area (Å²) in [4.78, 5) is 8.19. The Hall–Kier alpha value is -2.30. The van der Waals surface area contributed by atoms with Crippen molar-refractivity contribution in [3.05, 3.63) is 30.8 Å². The summed E-state index contributed by atoms with van der Waals surface area (Å²) in [6, 6.07) is 5.58. The molecule has 1 aromatic carbocycles. The number of ether oxygens (including phenoxy) is 1. The molecule has 0 fully saturated rings. The maximum absolute atomic E-state index is 5.44. The fourth-order valence-electron chi connectivity index (χ4n) is 1.59. The first kappa shape index (κ1) is 9.89. The average molecular weight is 230 g/mol. The number of fused-ring (bicyclic) bond motifs is 1. The van der Waals surface area contributed by atoms with Crippen molar-refractivity contribution in [2.75, 3.05) is 6.61 Å². The third-order valence-electron chi connectivity index (χ3n) is 2.35. The van der Waals surface area contributed by atoms with Crippen LogP contribution in [-0.4, -0.2) is 16.6 Å². The molecule has 0 saturated heterocycles. The van der Waals surface area contributed by atoms with Gasteiger partial charge in [0.25, 0.3) is 0 Å². The molecule has 0 aliphatic rings. The molecular weight excluding hydrogens is 220 g/mol. The highest BCUT2D eigenvalue weighted by Crippen LogP contribution is 2.26. The van der Waals surface area contributed by atoms with Gasteiger partial charge in [0.15, 0.2) is 12.0 Å². The molecule has 0 atom stereocenters. The molecule has 0 aliphatic carbocycles. The van der Waals surface area contributed by atoms with Crippen LogP contribution in [0.3, 0.4) is 0 Å². The largest absolute Gasteiger partial charge is 0.464 e. The summed E-state index contributed by atoms with van der Waals surface area (Å²) in [5, 5.41) is 0. The van der Waals surface area contributed by atoms with E-state index in [1.807, 2.05) is 25.1 Å². The van der Waals surface area contributed by atoms with Gasteiger partial charge in [0.1, 0.15) is 11.7 Å². The fraction of sp³-hybridized carbons (Fsp3) is 0.167. The van der Waals surface area contributed by atoms with Crippen LogP contribution >= 0.6 is 0 Å². The van der Waals surface area contributed by atoms with Gasteiger partial charge in [-0.2, -0.15) is 0 Å². The summed E-state index contributed by atoms with van der Waals surface area (Å²) in [5.41, 5.74) is 2.35. The van der Waals surface area contributed by atoms with E-state index in [1.165, 1.54) is 6.39 Å². The number of hydrogen-bond acceptors (Lipinski definition) is 5. The Labute approximate surface area is 97.0 Å². The molecule has 2 aromatic heterocycles. The molecule has 5 nitrogen and oxygen atoms in total. The Bertz CT molecular complexity index is 642. The molecule has 0 N–H and O–H groups in total. The SMILES string of the molecule is CCOc1cnc(-c2ccc3ncoc3c2)o1. The zero-order valence-electron chi connectivity index (χ0n) is 9.21. The van der Waals surface area contributed by atoms with Gasteiger partial charge in [0.05, 0.1) is 6.61 Å². The molecule has 0 amide bonds. The second-order valence-electron chi connectivity index (χ2n) is 3.45. The molecule has 2 heterocycles. The van der Waals surface area contributed by atoms with E-state index in [0.29, 0.717) is 24.0 Å². The molecule has 5 heteroatoms. The maximum Gasteiger partial charge on any atom is 0.305 e. The van der Waals surface area contributed by atoms with Crippen molar-refractivity contribution < 1.29 is 13.6 Å². The summed E-state index contributed by atoms with van der Waals surface area (Å²) in [6.07, 6.45) is 2.97. The van der Waals surface area contributed by atoms with E-state index in [0.717, 1.165) is 11.1 Å². The normalized spacial score (nSPS) is 10.9. The highest BCUT2D eigenvalue weighted by atomic mass is 16.6. The molecule has 3 aromatic rings. The van der Waals surface area contributed by atoms with Crippen molar-refractivity contribution in [2.24, 2.45) is 0 Å². The van der Waals surface area contributed by atoms with Crippen LogP contribution in [0.4, 0.5) is 0 Å². The zero-order valence-corrected chi connectivity index (χ0v) is 9.21. The molecule has 86 valence electrons. The van der Waals surface area contributed by atoms with Crippen LogP contribution in [0.2, 0.25) is 0 Å². The molecule has 0 unspecified atom stereocenters. The Morgan fingerprint density at radius 1 is 1.29 bits per heavy atom. The predicted octanol–water partition coefficient (Wildman–Crippen LogP) is 2.88. The number of hydrogen-bond donors (Lipinski definition) is 0. The molecule has 0 spiro atoms. The highest BCUT2D eigenvalue weighted by Gasteiger charge is 2.09. The molecule has 3 rings (SSSR count). The zero-order chi connectivity index (χ0) is 11.7. The van der Waals surface area contributed by atoms with Gasteiger partial charge < -0.3 is 13.6 Å². The third-order valence-corrected chi connectivity index (χ3v) is 2.35. The van der Waals surface area contributed by atoms with E-state index in [1.54, 1.807) is 6.20 Å². The number of benzene rings is 1. The molecular formula is C12H10N2O3.